The van der Waals surface area contributed by atoms with Crippen molar-refractivity contribution >= 4 is 11.6 Å². The van der Waals surface area contributed by atoms with Gasteiger partial charge in [0.1, 0.15) is 17.5 Å². The maximum atomic E-state index is 13.1. The average Bonchev–Trinajstić information content (AvgIpc) is 2.66. The zero-order valence-corrected chi connectivity index (χ0v) is 15.6. The molecule has 1 saturated heterocycles. The summed E-state index contributed by atoms with van der Waals surface area (Å²) in [6, 6.07) is 8.46. The molecule has 0 radical (unpaired) electrons. The lowest BCUT2D eigenvalue weighted by Crippen LogP contribution is -2.49. The van der Waals surface area contributed by atoms with Gasteiger partial charge in [-0.25, -0.2) is 4.39 Å². The molecule has 1 heterocycles. The molecule has 140 valence electrons. The predicted molar refractivity (Wildman–Crippen MR) is 101 cm³/mol. The molecule has 0 spiro atoms. The van der Waals surface area contributed by atoms with Crippen LogP contribution in [0.2, 0.25) is 0 Å². The van der Waals surface area contributed by atoms with E-state index < -0.39 is 0 Å². The molecule has 0 saturated carbocycles. The molecule has 1 fully saturated rings. The molecule has 26 heavy (non-hydrogen) atoms. The topological polar surface area (TPSA) is 50.6 Å². The highest BCUT2D eigenvalue weighted by Gasteiger charge is 2.24. The van der Waals surface area contributed by atoms with E-state index in [4.69, 9.17) is 0 Å². The van der Waals surface area contributed by atoms with Crippen LogP contribution in [-0.2, 0) is 4.79 Å². The average molecular weight is 358 g/mol. The Hall–Kier alpha value is -2.55. The molecule has 1 amide bonds. The molecule has 0 bridgehead atoms. The van der Waals surface area contributed by atoms with Gasteiger partial charge in [-0.3, -0.25) is 4.79 Å². The fourth-order valence-electron chi connectivity index (χ4n) is 3.12. The second kappa shape index (κ2) is 9.81. The van der Waals surface area contributed by atoms with E-state index in [1.165, 1.54) is 12.1 Å². The van der Waals surface area contributed by atoms with Gasteiger partial charge in [-0.15, -0.1) is 0 Å². The molecular weight excluding hydrogens is 331 g/mol. The summed E-state index contributed by atoms with van der Waals surface area (Å²) < 4.78 is 13.1. The van der Waals surface area contributed by atoms with Crippen molar-refractivity contribution in [3.8, 4) is 6.07 Å². The Balaban J connectivity index is 1.99. The van der Waals surface area contributed by atoms with Gasteiger partial charge in [-0.2, -0.15) is 5.26 Å². The van der Waals surface area contributed by atoms with Crippen molar-refractivity contribution in [3.05, 3.63) is 41.9 Å². The number of nitriles is 1. The fraction of sp³-hybridized carbons (Fsp3) is 0.500. The summed E-state index contributed by atoms with van der Waals surface area (Å²) >= 11 is 0. The number of hydrogen-bond acceptors (Lipinski definition) is 4. The van der Waals surface area contributed by atoms with Crippen LogP contribution < -0.4 is 4.90 Å². The predicted octanol–water partition coefficient (Wildman–Crippen LogP) is 3.00. The van der Waals surface area contributed by atoms with Crippen LogP contribution in [0.15, 0.2) is 36.0 Å². The number of halogens is 1. The Kier molecular flexibility index (Phi) is 7.46. The van der Waals surface area contributed by atoms with Crippen LogP contribution in [0.3, 0.4) is 0 Å². The normalized spacial score (nSPS) is 14.9. The number of rotatable bonds is 7. The Bertz CT molecular complexity index is 651. The van der Waals surface area contributed by atoms with Gasteiger partial charge in [0.15, 0.2) is 0 Å². The summed E-state index contributed by atoms with van der Waals surface area (Å²) in [5.41, 5.74) is 1.15. The third kappa shape index (κ3) is 5.22. The van der Waals surface area contributed by atoms with Crippen molar-refractivity contribution < 1.29 is 9.18 Å². The number of anilines is 1. The number of nitrogens with zero attached hydrogens (tertiary/aromatic N) is 4. The highest BCUT2D eigenvalue weighted by atomic mass is 19.1. The third-order valence-electron chi connectivity index (χ3n) is 4.44. The molecule has 6 heteroatoms. The summed E-state index contributed by atoms with van der Waals surface area (Å²) in [6.45, 7) is 8.29. The van der Waals surface area contributed by atoms with E-state index in [9.17, 15) is 14.4 Å². The van der Waals surface area contributed by atoms with Crippen molar-refractivity contribution in [1.82, 2.24) is 9.80 Å². The zero-order chi connectivity index (χ0) is 18.9. The van der Waals surface area contributed by atoms with Gasteiger partial charge in [-0.1, -0.05) is 13.8 Å². The van der Waals surface area contributed by atoms with E-state index >= 15 is 0 Å². The van der Waals surface area contributed by atoms with Crippen LogP contribution in [-0.4, -0.2) is 55.0 Å². The van der Waals surface area contributed by atoms with Gasteiger partial charge in [0.05, 0.1) is 0 Å². The Labute approximate surface area is 155 Å². The molecule has 1 aromatic carbocycles. The molecule has 0 atom stereocenters. The van der Waals surface area contributed by atoms with Gasteiger partial charge >= 0.3 is 0 Å². The highest BCUT2D eigenvalue weighted by Crippen LogP contribution is 2.18. The van der Waals surface area contributed by atoms with E-state index in [1.54, 1.807) is 23.2 Å². The Morgan fingerprint density at radius 1 is 1.15 bits per heavy atom. The number of amides is 1. The van der Waals surface area contributed by atoms with Gasteiger partial charge in [0.2, 0.25) is 0 Å². The third-order valence-corrected chi connectivity index (χ3v) is 4.44. The number of benzene rings is 1. The molecule has 0 aromatic heterocycles. The van der Waals surface area contributed by atoms with E-state index in [1.807, 2.05) is 4.90 Å². The molecule has 1 aromatic rings. The summed E-state index contributed by atoms with van der Waals surface area (Å²) in [4.78, 5) is 18.6. The minimum absolute atomic E-state index is 0.196. The van der Waals surface area contributed by atoms with E-state index in [-0.39, 0.29) is 17.3 Å². The number of hydrogen-bond donors (Lipinski definition) is 0. The van der Waals surface area contributed by atoms with Crippen molar-refractivity contribution in [3.63, 3.8) is 0 Å². The van der Waals surface area contributed by atoms with Crippen LogP contribution in [0.1, 0.15) is 26.7 Å². The summed E-state index contributed by atoms with van der Waals surface area (Å²) in [5.74, 6) is -0.460. The zero-order valence-electron chi connectivity index (χ0n) is 15.6. The minimum atomic E-state index is -0.255. The number of carbonyl (C=O) groups excluding carboxylic acids is 1. The molecule has 1 aliphatic rings. The molecule has 1 aliphatic heterocycles. The highest BCUT2D eigenvalue weighted by molar-refractivity contribution is 5.97. The lowest BCUT2D eigenvalue weighted by molar-refractivity contribution is -0.127. The standard InChI is InChI=1S/C20H27FN4O/c1-3-9-23(10-4-2)16-17(15-22)20(26)25-13-11-24(12-14-25)19-7-5-18(21)6-8-19/h5-8,16H,3-4,9-14H2,1-2H3/b17-16-. The first kappa shape index (κ1) is 19.8. The molecule has 0 N–H and O–H groups in total. The summed E-state index contributed by atoms with van der Waals surface area (Å²) in [5, 5.41) is 9.43. The monoisotopic (exact) mass is 358 g/mol. The number of piperazine rings is 1. The van der Waals surface area contributed by atoms with Gasteiger partial charge in [0.25, 0.3) is 5.91 Å². The second-order valence-electron chi connectivity index (χ2n) is 6.45. The van der Waals surface area contributed by atoms with E-state index in [0.29, 0.717) is 26.2 Å². The van der Waals surface area contributed by atoms with Gasteiger partial charge < -0.3 is 14.7 Å². The maximum absolute atomic E-state index is 13.1. The van der Waals surface area contributed by atoms with Crippen LogP contribution in [0.25, 0.3) is 0 Å². The first-order valence-corrected chi connectivity index (χ1v) is 9.24. The molecule has 0 unspecified atom stereocenters. The summed E-state index contributed by atoms with van der Waals surface area (Å²) in [7, 11) is 0. The van der Waals surface area contributed by atoms with Gasteiger partial charge in [0, 0.05) is 51.2 Å². The van der Waals surface area contributed by atoms with Crippen LogP contribution in [0, 0.1) is 17.1 Å². The molecule has 0 aliphatic carbocycles. The summed E-state index contributed by atoms with van der Waals surface area (Å²) in [6.07, 6.45) is 3.65. The molecule has 5 nitrogen and oxygen atoms in total. The van der Waals surface area contributed by atoms with Crippen LogP contribution in [0.5, 0.6) is 0 Å². The maximum Gasteiger partial charge on any atom is 0.266 e. The quantitative estimate of drug-likeness (QED) is 0.555. The van der Waals surface area contributed by atoms with E-state index in [0.717, 1.165) is 31.6 Å². The smallest absolute Gasteiger partial charge is 0.266 e. The van der Waals surface area contributed by atoms with Crippen molar-refractivity contribution in [2.45, 2.75) is 26.7 Å². The SMILES string of the molecule is CCCN(/C=C(/C#N)C(=O)N1CCN(c2ccc(F)cc2)CC1)CCC. The Morgan fingerprint density at radius 2 is 1.73 bits per heavy atom. The first-order chi connectivity index (χ1) is 12.6. The Morgan fingerprint density at radius 3 is 2.23 bits per heavy atom. The largest absolute Gasteiger partial charge is 0.376 e. The molecule has 2 rings (SSSR count). The molecular formula is C20H27FN4O. The van der Waals surface area contributed by atoms with Crippen LogP contribution >= 0.6 is 0 Å². The van der Waals surface area contributed by atoms with Gasteiger partial charge in [-0.05, 0) is 37.1 Å². The van der Waals surface area contributed by atoms with Crippen molar-refractivity contribution in [2.75, 3.05) is 44.2 Å². The number of carbonyl (C=O) groups is 1. The van der Waals surface area contributed by atoms with Crippen LogP contribution in [0.4, 0.5) is 10.1 Å². The second-order valence-corrected chi connectivity index (χ2v) is 6.45. The van der Waals surface area contributed by atoms with Crippen molar-refractivity contribution in [1.29, 1.82) is 5.26 Å². The first-order valence-electron chi connectivity index (χ1n) is 9.24. The van der Waals surface area contributed by atoms with E-state index in [2.05, 4.69) is 24.8 Å². The van der Waals surface area contributed by atoms with Crippen molar-refractivity contribution in [2.24, 2.45) is 0 Å². The fourth-order valence-corrected chi connectivity index (χ4v) is 3.12. The lowest BCUT2D eigenvalue weighted by atomic mass is 10.2. The minimum Gasteiger partial charge on any atom is -0.376 e. The lowest BCUT2D eigenvalue weighted by Gasteiger charge is -2.36.